The lowest BCUT2D eigenvalue weighted by molar-refractivity contribution is 0.0697. The van der Waals surface area contributed by atoms with Gasteiger partial charge in [0, 0.05) is 13.1 Å². The predicted octanol–water partition coefficient (Wildman–Crippen LogP) is 3.07. The van der Waals surface area contributed by atoms with Gasteiger partial charge in [-0.05, 0) is 31.9 Å². The van der Waals surface area contributed by atoms with E-state index in [2.05, 4.69) is 4.90 Å². The maximum absolute atomic E-state index is 11.3. The van der Waals surface area contributed by atoms with Crippen LogP contribution in [0.2, 0.25) is 0 Å². The van der Waals surface area contributed by atoms with Crippen molar-refractivity contribution in [3.05, 3.63) is 29.3 Å². The zero-order valence-electron chi connectivity index (χ0n) is 10.4. The van der Waals surface area contributed by atoms with Gasteiger partial charge >= 0.3 is 5.97 Å². The molecule has 0 heterocycles. The van der Waals surface area contributed by atoms with Crippen molar-refractivity contribution in [1.82, 2.24) is 0 Å². The van der Waals surface area contributed by atoms with Gasteiger partial charge in [0.25, 0.3) is 0 Å². The summed E-state index contributed by atoms with van der Waals surface area (Å²) in [6.45, 7) is 1.92. The Hall–Kier alpha value is -1.51. The lowest BCUT2D eigenvalue weighted by Crippen LogP contribution is -2.30. The molecule has 1 aromatic rings. The molecule has 1 aliphatic carbocycles. The van der Waals surface area contributed by atoms with E-state index in [4.69, 9.17) is 0 Å². The molecule has 1 aliphatic rings. The Bertz CT molecular complexity index is 422. The SMILES string of the molecule is Cc1ccc(N(C)C2CCCC2)c(C(=O)O)c1. The van der Waals surface area contributed by atoms with Crippen LogP contribution in [-0.4, -0.2) is 24.2 Å². The molecule has 3 nitrogen and oxygen atoms in total. The summed E-state index contributed by atoms with van der Waals surface area (Å²) in [6.07, 6.45) is 4.85. The maximum atomic E-state index is 11.3. The van der Waals surface area contributed by atoms with Crippen molar-refractivity contribution >= 4 is 11.7 Å². The third-order valence-electron chi connectivity index (χ3n) is 3.63. The van der Waals surface area contributed by atoms with E-state index in [1.54, 1.807) is 6.07 Å². The summed E-state index contributed by atoms with van der Waals surface area (Å²) < 4.78 is 0. The first-order chi connectivity index (χ1) is 8.09. The predicted molar refractivity (Wildman–Crippen MR) is 68.8 cm³/mol. The normalized spacial score (nSPS) is 16.1. The molecule has 0 bridgehead atoms. The average Bonchev–Trinajstić information content (AvgIpc) is 2.81. The van der Waals surface area contributed by atoms with Gasteiger partial charge < -0.3 is 10.0 Å². The van der Waals surface area contributed by atoms with Crippen LogP contribution in [-0.2, 0) is 0 Å². The van der Waals surface area contributed by atoms with Crippen LogP contribution in [0.3, 0.4) is 0 Å². The molecule has 17 heavy (non-hydrogen) atoms. The zero-order chi connectivity index (χ0) is 12.4. The highest BCUT2D eigenvalue weighted by molar-refractivity contribution is 5.94. The van der Waals surface area contributed by atoms with Crippen LogP contribution in [0.4, 0.5) is 5.69 Å². The Morgan fingerprint density at radius 1 is 1.35 bits per heavy atom. The van der Waals surface area contributed by atoms with Gasteiger partial charge in [0.1, 0.15) is 0 Å². The molecule has 2 rings (SSSR count). The fourth-order valence-corrected chi connectivity index (χ4v) is 2.62. The van der Waals surface area contributed by atoms with Crippen LogP contribution in [0.1, 0.15) is 41.6 Å². The molecular weight excluding hydrogens is 214 g/mol. The van der Waals surface area contributed by atoms with E-state index >= 15 is 0 Å². The number of nitrogens with zero attached hydrogens (tertiary/aromatic N) is 1. The minimum atomic E-state index is -0.839. The summed E-state index contributed by atoms with van der Waals surface area (Å²) in [7, 11) is 2.01. The maximum Gasteiger partial charge on any atom is 0.337 e. The van der Waals surface area contributed by atoms with Crippen molar-refractivity contribution in [2.24, 2.45) is 0 Å². The van der Waals surface area contributed by atoms with Crippen LogP contribution in [0, 0.1) is 6.92 Å². The lowest BCUT2D eigenvalue weighted by Gasteiger charge is -2.28. The first-order valence-corrected chi connectivity index (χ1v) is 6.16. The number of carboxylic acid groups (broad SMARTS) is 1. The molecule has 0 spiro atoms. The number of aromatic carboxylic acids is 1. The molecule has 1 fully saturated rings. The van der Waals surface area contributed by atoms with Crippen molar-refractivity contribution in [3.8, 4) is 0 Å². The molecule has 1 saturated carbocycles. The Labute approximate surface area is 102 Å². The van der Waals surface area contributed by atoms with Gasteiger partial charge in [-0.3, -0.25) is 0 Å². The van der Waals surface area contributed by atoms with Gasteiger partial charge in [-0.2, -0.15) is 0 Å². The highest BCUT2D eigenvalue weighted by atomic mass is 16.4. The van der Waals surface area contributed by atoms with Crippen LogP contribution < -0.4 is 4.90 Å². The summed E-state index contributed by atoms with van der Waals surface area (Å²) in [6, 6.07) is 6.16. The van der Waals surface area contributed by atoms with E-state index in [9.17, 15) is 9.90 Å². The first-order valence-electron chi connectivity index (χ1n) is 6.16. The third kappa shape index (κ3) is 2.43. The van der Waals surface area contributed by atoms with E-state index in [-0.39, 0.29) is 0 Å². The van der Waals surface area contributed by atoms with Gasteiger partial charge in [0.2, 0.25) is 0 Å². The minimum Gasteiger partial charge on any atom is -0.478 e. The average molecular weight is 233 g/mol. The molecule has 3 heteroatoms. The Balaban J connectivity index is 2.33. The first kappa shape index (κ1) is 12.0. The summed E-state index contributed by atoms with van der Waals surface area (Å²) in [4.78, 5) is 13.4. The second kappa shape index (κ2) is 4.78. The lowest BCUT2D eigenvalue weighted by atomic mass is 10.1. The molecule has 0 unspecified atom stereocenters. The Morgan fingerprint density at radius 2 is 2.00 bits per heavy atom. The molecule has 92 valence electrons. The standard InChI is InChI=1S/C14H19NO2/c1-10-7-8-13(12(9-10)14(16)17)15(2)11-5-3-4-6-11/h7-9,11H,3-6H2,1-2H3,(H,16,17). The summed E-state index contributed by atoms with van der Waals surface area (Å²) in [5, 5.41) is 9.26. The molecule has 0 saturated heterocycles. The molecule has 1 aromatic carbocycles. The molecular formula is C14H19NO2. The fourth-order valence-electron chi connectivity index (χ4n) is 2.62. The number of hydrogen-bond donors (Lipinski definition) is 1. The van der Waals surface area contributed by atoms with E-state index in [0.29, 0.717) is 11.6 Å². The topological polar surface area (TPSA) is 40.5 Å². The Kier molecular flexibility index (Phi) is 3.36. The van der Waals surface area contributed by atoms with Crippen molar-refractivity contribution in [3.63, 3.8) is 0 Å². The number of anilines is 1. The van der Waals surface area contributed by atoms with Crippen LogP contribution in [0.15, 0.2) is 18.2 Å². The van der Waals surface area contributed by atoms with Crippen LogP contribution in [0.5, 0.6) is 0 Å². The molecule has 1 N–H and O–H groups in total. The quantitative estimate of drug-likeness (QED) is 0.872. The highest BCUT2D eigenvalue weighted by Gasteiger charge is 2.23. The van der Waals surface area contributed by atoms with Crippen LogP contribution in [0.25, 0.3) is 0 Å². The second-order valence-corrected chi connectivity index (χ2v) is 4.87. The molecule has 0 atom stereocenters. The zero-order valence-corrected chi connectivity index (χ0v) is 10.4. The van der Waals surface area contributed by atoms with Crippen molar-refractivity contribution in [2.45, 2.75) is 38.6 Å². The van der Waals surface area contributed by atoms with Gasteiger partial charge in [0.15, 0.2) is 0 Å². The number of carbonyl (C=O) groups is 1. The van der Waals surface area contributed by atoms with E-state index in [0.717, 1.165) is 11.3 Å². The fraction of sp³-hybridized carbons (Fsp3) is 0.500. The van der Waals surface area contributed by atoms with E-state index in [1.807, 2.05) is 26.1 Å². The highest BCUT2D eigenvalue weighted by Crippen LogP contribution is 2.29. The molecule has 0 radical (unpaired) electrons. The van der Waals surface area contributed by atoms with Gasteiger partial charge in [-0.15, -0.1) is 0 Å². The number of hydrogen-bond acceptors (Lipinski definition) is 2. The second-order valence-electron chi connectivity index (χ2n) is 4.87. The van der Waals surface area contributed by atoms with Gasteiger partial charge in [-0.1, -0.05) is 24.5 Å². The van der Waals surface area contributed by atoms with Gasteiger partial charge in [-0.25, -0.2) is 4.79 Å². The van der Waals surface area contributed by atoms with Crippen molar-refractivity contribution in [2.75, 3.05) is 11.9 Å². The van der Waals surface area contributed by atoms with E-state index < -0.39 is 5.97 Å². The number of aryl methyl sites for hydroxylation is 1. The van der Waals surface area contributed by atoms with Crippen molar-refractivity contribution in [1.29, 1.82) is 0 Å². The van der Waals surface area contributed by atoms with Crippen molar-refractivity contribution < 1.29 is 9.90 Å². The summed E-state index contributed by atoms with van der Waals surface area (Å²) >= 11 is 0. The summed E-state index contributed by atoms with van der Waals surface area (Å²) in [5.74, 6) is -0.839. The number of benzene rings is 1. The van der Waals surface area contributed by atoms with Crippen LogP contribution >= 0.6 is 0 Å². The largest absolute Gasteiger partial charge is 0.478 e. The number of carboxylic acids is 1. The monoisotopic (exact) mass is 233 g/mol. The Morgan fingerprint density at radius 3 is 2.59 bits per heavy atom. The van der Waals surface area contributed by atoms with E-state index in [1.165, 1.54) is 25.7 Å². The minimum absolute atomic E-state index is 0.416. The molecule has 0 aromatic heterocycles. The van der Waals surface area contributed by atoms with Gasteiger partial charge in [0.05, 0.1) is 11.3 Å². The molecule has 0 amide bonds. The molecule has 0 aliphatic heterocycles. The third-order valence-corrected chi connectivity index (χ3v) is 3.63. The summed E-state index contributed by atoms with van der Waals surface area (Å²) in [5.41, 5.74) is 2.25. The smallest absolute Gasteiger partial charge is 0.337 e. The number of rotatable bonds is 3.